The second kappa shape index (κ2) is 8.65. The van der Waals surface area contributed by atoms with E-state index in [0.717, 1.165) is 29.9 Å². The molecular formula is C21H25N7O3S. The Hall–Kier alpha value is -3.34. The van der Waals surface area contributed by atoms with Crippen molar-refractivity contribution in [3.8, 4) is 0 Å². The SMILES string of the molecule is Cc1nc2ncnn2c(C)c1CCC(=O)Nc1cccc(S(=O)(=O)N=C2CCCN2C)c1. The van der Waals surface area contributed by atoms with Gasteiger partial charge in [0.2, 0.25) is 5.91 Å². The van der Waals surface area contributed by atoms with Crippen LogP contribution in [0.1, 0.15) is 36.2 Å². The number of fused-ring (bicyclic) bond motifs is 1. The van der Waals surface area contributed by atoms with E-state index in [1.54, 1.807) is 16.6 Å². The molecule has 3 aromatic rings. The number of carbonyl (C=O) groups is 1. The maximum absolute atomic E-state index is 12.7. The number of aryl methyl sites for hydroxylation is 2. The van der Waals surface area contributed by atoms with Gasteiger partial charge in [0.25, 0.3) is 15.8 Å². The van der Waals surface area contributed by atoms with E-state index >= 15 is 0 Å². The minimum absolute atomic E-state index is 0.0515. The normalized spacial score (nSPS) is 15.6. The van der Waals surface area contributed by atoms with E-state index in [1.807, 2.05) is 25.8 Å². The van der Waals surface area contributed by atoms with Crippen molar-refractivity contribution in [3.63, 3.8) is 0 Å². The van der Waals surface area contributed by atoms with Crippen molar-refractivity contribution in [2.45, 2.75) is 44.4 Å². The molecule has 0 saturated carbocycles. The minimum Gasteiger partial charge on any atom is -0.362 e. The van der Waals surface area contributed by atoms with Crippen LogP contribution >= 0.6 is 0 Å². The molecule has 0 atom stereocenters. The second-order valence-corrected chi connectivity index (χ2v) is 9.42. The molecule has 3 heterocycles. The summed E-state index contributed by atoms with van der Waals surface area (Å²) in [6.45, 7) is 4.59. The van der Waals surface area contributed by atoms with Crippen LogP contribution in [-0.2, 0) is 21.2 Å². The van der Waals surface area contributed by atoms with Gasteiger partial charge in [0, 0.05) is 43.5 Å². The third-order valence-corrected chi connectivity index (χ3v) is 6.87. The largest absolute Gasteiger partial charge is 0.362 e. The number of nitrogens with zero attached hydrogens (tertiary/aromatic N) is 6. The summed E-state index contributed by atoms with van der Waals surface area (Å²) in [5.41, 5.74) is 3.04. The first-order chi connectivity index (χ1) is 15.2. The van der Waals surface area contributed by atoms with E-state index in [4.69, 9.17) is 0 Å². The van der Waals surface area contributed by atoms with Crippen molar-refractivity contribution >= 4 is 33.2 Å². The Kier molecular flexibility index (Phi) is 5.92. The molecule has 10 nitrogen and oxygen atoms in total. The van der Waals surface area contributed by atoms with Gasteiger partial charge in [0.15, 0.2) is 0 Å². The number of hydrogen-bond donors (Lipinski definition) is 1. The Morgan fingerprint density at radius 2 is 2.09 bits per heavy atom. The molecule has 1 saturated heterocycles. The zero-order valence-corrected chi connectivity index (χ0v) is 19.1. The monoisotopic (exact) mass is 455 g/mol. The Balaban J connectivity index is 1.45. The lowest BCUT2D eigenvalue weighted by atomic mass is 10.1. The lowest BCUT2D eigenvalue weighted by Gasteiger charge is -2.12. The summed E-state index contributed by atoms with van der Waals surface area (Å²) >= 11 is 0. The van der Waals surface area contributed by atoms with Crippen molar-refractivity contribution in [2.75, 3.05) is 18.9 Å². The van der Waals surface area contributed by atoms with E-state index in [2.05, 4.69) is 24.8 Å². The maximum atomic E-state index is 12.7. The summed E-state index contributed by atoms with van der Waals surface area (Å²) in [5.74, 6) is 0.862. The van der Waals surface area contributed by atoms with E-state index in [0.29, 0.717) is 30.1 Å². The Morgan fingerprint density at radius 3 is 2.84 bits per heavy atom. The highest BCUT2D eigenvalue weighted by Gasteiger charge is 2.21. The first-order valence-electron chi connectivity index (χ1n) is 10.4. The molecule has 2 aromatic heterocycles. The Morgan fingerprint density at radius 1 is 1.28 bits per heavy atom. The molecule has 4 rings (SSSR count). The number of nitrogens with one attached hydrogen (secondary N) is 1. The summed E-state index contributed by atoms with van der Waals surface area (Å²) in [7, 11) is -2.01. The van der Waals surface area contributed by atoms with Gasteiger partial charge >= 0.3 is 0 Å². The highest BCUT2D eigenvalue weighted by atomic mass is 32.2. The quantitative estimate of drug-likeness (QED) is 0.604. The molecule has 168 valence electrons. The van der Waals surface area contributed by atoms with E-state index in [-0.39, 0.29) is 17.2 Å². The molecule has 1 fully saturated rings. The summed E-state index contributed by atoms with van der Waals surface area (Å²) in [5, 5.41) is 6.94. The summed E-state index contributed by atoms with van der Waals surface area (Å²) in [6.07, 6.45) is 3.67. The van der Waals surface area contributed by atoms with E-state index in [1.165, 1.54) is 18.5 Å². The van der Waals surface area contributed by atoms with Gasteiger partial charge in [0.1, 0.15) is 12.2 Å². The number of carbonyl (C=O) groups excluding carboxylic acids is 1. The number of amides is 1. The van der Waals surface area contributed by atoms with Gasteiger partial charge in [-0.1, -0.05) is 6.07 Å². The van der Waals surface area contributed by atoms with Crippen LogP contribution in [0.3, 0.4) is 0 Å². The molecule has 1 aliphatic rings. The first-order valence-corrected chi connectivity index (χ1v) is 11.8. The topological polar surface area (TPSA) is 122 Å². The highest BCUT2D eigenvalue weighted by molar-refractivity contribution is 7.90. The molecule has 0 aliphatic carbocycles. The van der Waals surface area contributed by atoms with Crippen molar-refractivity contribution in [1.29, 1.82) is 0 Å². The fraction of sp³-hybridized carbons (Fsp3) is 0.381. The van der Waals surface area contributed by atoms with Crippen LogP contribution in [0.25, 0.3) is 5.78 Å². The number of amidine groups is 1. The molecular weight excluding hydrogens is 430 g/mol. The fourth-order valence-electron chi connectivity index (χ4n) is 3.81. The number of benzene rings is 1. The predicted octanol–water partition coefficient (Wildman–Crippen LogP) is 2.13. The molecule has 0 unspecified atom stereocenters. The van der Waals surface area contributed by atoms with Crippen LogP contribution in [0.15, 0.2) is 39.9 Å². The number of likely N-dealkylation sites (tertiary alicyclic amines) is 1. The summed E-state index contributed by atoms with van der Waals surface area (Å²) in [6, 6.07) is 6.17. The first kappa shape index (κ1) is 21.9. The zero-order valence-electron chi connectivity index (χ0n) is 18.2. The molecule has 0 spiro atoms. The van der Waals surface area contributed by atoms with Crippen LogP contribution in [0.2, 0.25) is 0 Å². The predicted molar refractivity (Wildman–Crippen MR) is 120 cm³/mol. The van der Waals surface area contributed by atoms with Gasteiger partial charge in [-0.3, -0.25) is 4.79 Å². The molecule has 1 aromatic carbocycles. The second-order valence-electron chi connectivity index (χ2n) is 7.82. The smallest absolute Gasteiger partial charge is 0.284 e. The molecule has 11 heteroatoms. The number of anilines is 1. The molecule has 1 amide bonds. The Labute approximate surface area is 186 Å². The molecule has 1 N–H and O–H groups in total. The van der Waals surface area contributed by atoms with Gasteiger partial charge in [-0.15, -0.1) is 4.40 Å². The van der Waals surface area contributed by atoms with Crippen LogP contribution < -0.4 is 5.32 Å². The van der Waals surface area contributed by atoms with Gasteiger partial charge in [-0.25, -0.2) is 9.50 Å². The van der Waals surface area contributed by atoms with Gasteiger partial charge in [-0.05, 0) is 50.5 Å². The van der Waals surface area contributed by atoms with Gasteiger partial charge < -0.3 is 10.2 Å². The van der Waals surface area contributed by atoms with Crippen molar-refractivity contribution in [1.82, 2.24) is 24.5 Å². The Bertz CT molecular complexity index is 1310. The van der Waals surface area contributed by atoms with Crippen LogP contribution in [0, 0.1) is 13.8 Å². The van der Waals surface area contributed by atoms with Gasteiger partial charge in [-0.2, -0.15) is 18.5 Å². The van der Waals surface area contributed by atoms with E-state index < -0.39 is 10.0 Å². The fourth-order valence-corrected chi connectivity index (χ4v) is 4.95. The molecule has 0 radical (unpaired) electrons. The zero-order chi connectivity index (χ0) is 22.9. The minimum atomic E-state index is -3.85. The van der Waals surface area contributed by atoms with E-state index in [9.17, 15) is 13.2 Å². The summed E-state index contributed by atoms with van der Waals surface area (Å²) < 4.78 is 31.0. The number of sulfonamides is 1. The number of aromatic nitrogens is 4. The third-order valence-electron chi connectivity index (χ3n) is 5.57. The lowest BCUT2D eigenvalue weighted by Crippen LogP contribution is -2.20. The van der Waals surface area contributed by atoms with Crippen molar-refractivity contribution in [2.24, 2.45) is 4.40 Å². The average molecular weight is 456 g/mol. The molecule has 32 heavy (non-hydrogen) atoms. The third kappa shape index (κ3) is 4.47. The van der Waals surface area contributed by atoms with Crippen LogP contribution in [-0.4, -0.2) is 58.2 Å². The van der Waals surface area contributed by atoms with Crippen molar-refractivity contribution < 1.29 is 13.2 Å². The van der Waals surface area contributed by atoms with Crippen LogP contribution in [0.4, 0.5) is 5.69 Å². The number of hydrogen-bond acceptors (Lipinski definition) is 6. The highest BCUT2D eigenvalue weighted by Crippen LogP contribution is 2.21. The molecule has 1 aliphatic heterocycles. The lowest BCUT2D eigenvalue weighted by molar-refractivity contribution is -0.116. The average Bonchev–Trinajstić information content (AvgIpc) is 3.37. The summed E-state index contributed by atoms with van der Waals surface area (Å²) in [4.78, 5) is 23.0. The van der Waals surface area contributed by atoms with Crippen molar-refractivity contribution in [3.05, 3.63) is 47.5 Å². The molecule has 0 bridgehead atoms. The maximum Gasteiger partial charge on any atom is 0.284 e. The van der Waals surface area contributed by atoms with Gasteiger partial charge in [0.05, 0.1) is 4.90 Å². The standard InChI is InChI=1S/C21H25N7O3S/c1-14-18(15(2)28-21(24-14)22-13-23-28)9-10-20(29)25-16-6-4-7-17(12-16)32(30,31)26-19-8-5-11-27(19)3/h4,6-7,12-13H,5,8-11H2,1-3H3,(H,25,29). The number of rotatable bonds is 6. The van der Waals surface area contributed by atoms with Crippen LogP contribution in [0.5, 0.6) is 0 Å².